The van der Waals surface area contributed by atoms with Gasteiger partial charge in [-0.1, -0.05) is 127 Å². The predicted octanol–water partition coefficient (Wildman–Crippen LogP) is 9.12. The van der Waals surface area contributed by atoms with Crippen LogP contribution in [0.3, 0.4) is 0 Å². The number of likely N-dealkylation sites (N-methyl/N-ethyl adjacent to an activating group) is 2. The first-order valence-electron chi connectivity index (χ1n) is 23.5. The quantitative estimate of drug-likeness (QED) is 0.0260. The van der Waals surface area contributed by atoms with E-state index in [0.717, 1.165) is 64.2 Å². The number of unbranched alkanes of at least 4 members (excludes halogenated alkanes) is 16. The molecule has 0 rings (SSSR count). The molecule has 0 saturated carbocycles. The summed E-state index contributed by atoms with van der Waals surface area (Å²) in [5.41, 5.74) is 0. The Morgan fingerprint density at radius 1 is 0.433 bits per heavy atom. The van der Waals surface area contributed by atoms with Gasteiger partial charge in [0, 0.05) is 37.6 Å². The molecule has 0 heterocycles. The van der Waals surface area contributed by atoms with Crippen LogP contribution in [-0.4, -0.2) is 100 Å². The summed E-state index contributed by atoms with van der Waals surface area (Å²) < 4.78 is 11.8. The highest BCUT2D eigenvalue weighted by Crippen LogP contribution is 2.13. The first-order valence-corrected chi connectivity index (χ1v) is 23.5. The van der Waals surface area contributed by atoms with Crippen molar-refractivity contribution in [3.05, 3.63) is 48.6 Å². The molecule has 10 nitrogen and oxygen atoms in total. The average Bonchev–Trinajstić information content (AvgIpc) is 3.13. The van der Waals surface area contributed by atoms with Crippen LogP contribution in [-0.2, 0) is 28.7 Å². The standard InChI is InChI=1S/2C25H45NO4/c2*1-5-6-7-8-9-10-11-12-13-14-15-16-17-18-19-20-25(29)30-23(21-24(27)28)22-26(2,3)4/h2*9-10,12-13,23H,5-8,11,14-22H2,1-4H3/b2*10-9-,13-12-. The fourth-order valence-electron chi connectivity index (χ4n) is 6.53. The van der Waals surface area contributed by atoms with Gasteiger partial charge in [-0.05, 0) is 77.0 Å². The van der Waals surface area contributed by atoms with Crippen molar-refractivity contribution in [2.24, 2.45) is 0 Å². The maximum absolute atomic E-state index is 12.0. The van der Waals surface area contributed by atoms with E-state index in [1.54, 1.807) is 0 Å². The molecule has 60 heavy (non-hydrogen) atoms. The number of ether oxygens (including phenoxy) is 2. The van der Waals surface area contributed by atoms with Crippen LogP contribution in [0.5, 0.6) is 0 Å². The van der Waals surface area contributed by atoms with Gasteiger partial charge >= 0.3 is 11.9 Å². The van der Waals surface area contributed by atoms with Gasteiger partial charge in [-0.15, -0.1) is 0 Å². The van der Waals surface area contributed by atoms with Crippen LogP contribution in [0, 0.1) is 0 Å². The number of nitrogens with zero attached hydrogens (tertiary/aromatic N) is 2. The number of hydrogen-bond acceptors (Lipinski definition) is 8. The van der Waals surface area contributed by atoms with Crippen molar-refractivity contribution in [2.45, 2.75) is 193 Å². The molecule has 2 atom stereocenters. The number of carbonyl (C=O) groups excluding carboxylic acids is 4. The number of rotatable bonds is 38. The molecule has 0 aliphatic rings. The number of esters is 2. The number of aliphatic carboxylic acids is 2. The van der Waals surface area contributed by atoms with Gasteiger partial charge < -0.3 is 38.2 Å². The van der Waals surface area contributed by atoms with Gasteiger partial charge in [0.15, 0.2) is 12.2 Å². The monoisotopic (exact) mass is 847 g/mol. The largest absolute Gasteiger partial charge is 0.550 e. The molecule has 0 aliphatic heterocycles. The Balaban J connectivity index is 0. The lowest BCUT2D eigenvalue weighted by Crippen LogP contribution is -2.45. The normalized spacial score (nSPS) is 13.2. The zero-order chi connectivity index (χ0) is 45.3. The lowest BCUT2D eigenvalue weighted by atomic mass is 10.1. The van der Waals surface area contributed by atoms with Gasteiger partial charge in [0.05, 0.1) is 42.3 Å². The fourth-order valence-corrected chi connectivity index (χ4v) is 6.53. The average molecular weight is 847 g/mol. The molecular weight excluding hydrogens is 757 g/mol. The second kappa shape index (κ2) is 39.9. The third kappa shape index (κ3) is 49.1. The Morgan fingerprint density at radius 3 is 1.00 bits per heavy atom. The van der Waals surface area contributed by atoms with Gasteiger partial charge in [-0.3, -0.25) is 9.59 Å². The second-order valence-corrected chi connectivity index (χ2v) is 18.3. The molecule has 0 fully saturated rings. The zero-order valence-corrected chi connectivity index (χ0v) is 39.7. The number of carboxylic acids is 2. The van der Waals surface area contributed by atoms with E-state index < -0.39 is 24.1 Å². The topological polar surface area (TPSA) is 133 Å². The molecule has 0 saturated heterocycles. The fraction of sp³-hybridized carbons (Fsp3) is 0.760. The third-order valence-electron chi connectivity index (χ3n) is 9.55. The molecule has 0 aromatic carbocycles. The van der Waals surface area contributed by atoms with Crippen LogP contribution >= 0.6 is 0 Å². The van der Waals surface area contributed by atoms with Gasteiger partial charge in [0.2, 0.25) is 0 Å². The Hall–Kier alpha value is -3.24. The summed E-state index contributed by atoms with van der Waals surface area (Å²) in [6, 6.07) is 0. The molecule has 0 radical (unpaired) electrons. The molecule has 348 valence electrons. The summed E-state index contributed by atoms with van der Waals surface area (Å²) in [6.45, 7) is 5.38. The van der Waals surface area contributed by atoms with Crippen molar-refractivity contribution in [1.29, 1.82) is 0 Å². The lowest BCUT2D eigenvalue weighted by molar-refractivity contribution is -0.873. The van der Waals surface area contributed by atoms with Crippen molar-refractivity contribution < 1.29 is 47.8 Å². The summed E-state index contributed by atoms with van der Waals surface area (Å²) in [4.78, 5) is 45.7. The van der Waals surface area contributed by atoms with Crippen molar-refractivity contribution in [2.75, 3.05) is 55.4 Å². The lowest BCUT2D eigenvalue weighted by Gasteiger charge is -2.29. The summed E-state index contributed by atoms with van der Waals surface area (Å²) in [7, 11) is 11.6. The van der Waals surface area contributed by atoms with Crippen LogP contribution in [0.15, 0.2) is 48.6 Å². The minimum atomic E-state index is -1.18. The smallest absolute Gasteiger partial charge is 0.306 e. The summed E-state index contributed by atoms with van der Waals surface area (Å²) in [5.74, 6) is -2.97. The molecule has 0 spiro atoms. The molecule has 2 unspecified atom stereocenters. The second-order valence-electron chi connectivity index (χ2n) is 18.3. The van der Waals surface area contributed by atoms with E-state index in [1.807, 2.05) is 42.3 Å². The van der Waals surface area contributed by atoms with Gasteiger partial charge in [0.1, 0.15) is 13.1 Å². The number of allylic oxidation sites excluding steroid dienone is 8. The van der Waals surface area contributed by atoms with Crippen LogP contribution in [0.25, 0.3) is 0 Å². The maximum atomic E-state index is 12.0. The van der Waals surface area contributed by atoms with E-state index in [4.69, 9.17) is 9.47 Å². The molecular formula is C50H90N2O8. The van der Waals surface area contributed by atoms with E-state index in [1.165, 1.54) is 77.0 Å². The first-order chi connectivity index (χ1) is 28.5. The molecule has 0 N–H and O–H groups in total. The molecule has 0 amide bonds. The Bertz CT molecular complexity index is 1100. The van der Waals surface area contributed by atoms with Gasteiger partial charge in [0.25, 0.3) is 0 Å². The minimum Gasteiger partial charge on any atom is -0.550 e. The highest BCUT2D eigenvalue weighted by Gasteiger charge is 2.23. The Morgan fingerprint density at radius 2 is 0.717 bits per heavy atom. The Kier molecular flexibility index (Phi) is 39.1. The highest BCUT2D eigenvalue weighted by molar-refractivity contribution is 5.71. The summed E-state index contributed by atoms with van der Waals surface area (Å²) >= 11 is 0. The van der Waals surface area contributed by atoms with Gasteiger partial charge in [-0.2, -0.15) is 0 Å². The zero-order valence-electron chi connectivity index (χ0n) is 39.7. The van der Waals surface area contributed by atoms with E-state index in [9.17, 15) is 29.4 Å². The minimum absolute atomic E-state index is 0.247. The molecule has 0 aromatic rings. The summed E-state index contributed by atoms with van der Waals surface area (Å²) in [6.07, 6.45) is 42.0. The van der Waals surface area contributed by atoms with E-state index >= 15 is 0 Å². The predicted molar refractivity (Wildman–Crippen MR) is 244 cm³/mol. The number of carboxylic acid groups (broad SMARTS) is 2. The van der Waals surface area contributed by atoms with Crippen molar-refractivity contribution in [3.63, 3.8) is 0 Å². The van der Waals surface area contributed by atoms with Crippen LogP contribution in [0.4, 0.5) is 0 Å². The van der Waals surface area contributed by atoms with E-state index in [0.29, 0.717) is 34.9 Å². The van der Waals surface area contributed by atoms with Crippen molar-refractivity contribution in [3.8, 4) is 0 Å². The van der Waals surface area contributed by atoms with E-state index in [2.05, 4.69) is 62.5 Å². The van der Waals surface area contributed by atoms with Crippen molar-refractivity contribution >= 4 is 23.9 Å². The van der Waals surface area contributed by atoms with E-state index in [-0.39, 0.29) is 24.8 Å². The number of carbonyl (C=O) groups is 4. The SMILES string of the molecule is CCCCC/C=C\C/C=C\CCCCCCCC(=O)OC(CC(=O)[O-])C[N+](C)(C)C.CCCCC/C=C\C/C=C\CCCCCCCC(=O)OC(CC(=O)[O-])C[N+](C)(C)C. The summed E-state index contributed by atoms with van der Waals surface area (Å²) in [5, 5.41) is 21.7. The maximum Gasteiger partial charge on any atom is 0.306 e. The van der Waals surface area contributed by atoms with Crippen LogP contribution < -0.4 is 10.2 Å². The Labute approximate surface area is 367 Å². The number of quaternary nitrogens is 2. The molecule has 10 heteroatoms. The van der Waals surface area contributed by atoms with Crippen LogP contribution in [0.2, 0.25) is 0 Å². The van der Waals surface area contributed by atoms with Gasteiger partial charge in [-0.25, -0.2) is 0 Å². The van der Waals surface area contributed by atoms with Crippen LogP contribution in [0.1, 0.15) is 181 Å². The number of hydrogen-bond donors (Lipinski definition) is 0. The molecule has 0 aromatic heterocycles. The molecule has 0 aliphatic carbocycles. The molecule has 0 bridgehead atoms. The van der Waals surface area contributed by atoms with Crippen molar-refractivity contribution in [1.82, 2.24) is 0 Å². The highest BCUT2D eigenvalue weighted by atomic mass is 16.5. The third-order valence-corrected chi connectivity index (χ3v) is 9.55. The first kappa shape index (κ1) is 58.9.